The van der Waals surface area contributed by atoms with Gasteiger partial charge in [-0.15, -0.1) is 0 Å². The highest BCUT2D eigenvalue weighted by atomic mass is 16.4. The van der Waals surface area contributed by atoms with Crippen LogP contribution >= 0.6 is 0 Å². The van der Waals surface area contributed by atoms with Gasteiger partial charge >= 0.3 is 5.97 Å². The molecule has 0 spiro atoms. The van der Waals surface area contributed by atoms with Crippen molar-refractivity contribution in [3.63, 3.8) is 0 Å². The normalized spacial score (nSPS) is 27.1. The monoisotopic (exact) mass is 330 g/mol. The van der Waals surface area contributed by atoms with E-state index in [9.17, 15) is 14.7 Å². The van der Waals surface area contributed by atoms with E-state index in [-0.39, 0.29) is 30.0 Å². The summed E-state index contributed by atoms with van der Waals surface area (Å²) in [5, 5.41) is 12.5. The number of nitrogens with one attached hydrogen (secondary N) is 1. The van der Waals surface area contributed by atoms with Gasteiger partial charge in [-0.2, -0.15) is 0 Å². The first-order valence-corrected chi connectivity index (χ1v) is 8.93. The molecule has 2 saturated heterocycles. The van der Waals surface area contributed by atoms with Crippen LogP contribution in [0, 0.1) is 5.92 Å². The second-order valence-corrected chi connectivity index (χ2v) is 6.97. The van der Waals surface area contributed by atoms with Gasteiger partial charge in [0.2, 0.25) is 5.91 Å². The summed E-state index contributed by atoms with van der Waals surface area (Å²) in [4.78, 5) is 26.0. The van der Waals surface area contributed by atoms with E-state index >= 15 is 0 Å². The molecule has 2 fully saturated rings. The van der Waals surface area contributed by atoms with E-state index < -0.39 is 5.97 Å². The largest absolute Gasteiger partial charge is 0.481 e. The Morgan fingerprint density at radius 1 is 1.29 bits per heavy atom. The number of carboxylic acid groups (broad SMARTS) is 1. The third kappa shape index (κ3) is 3.46. The first-order valence-electron chi connectivity index (χ1n) is 8.93. The number of carboxylic acids is 1. The van der Waals surface area contributed by atoms with E-state index in [2.05, 4.69) is 17.1 Å². The first-order chi connectivity index (χ1) is 11.6. The van der Waals surface area contributed by atoms with Crippen LogP contribution in [0.1, 0.15) is 50.6 Å². The number of benzene rings is 1. The van der Waals surface area contributed by atoms with Crippen molar-refractivity contribution in [2.45, 2.75) is 57.2 Å². The molecule has 0 saturated carbocycles. The van der Waals surface area contributed by atoms with Crippen LogP contribution in [0.25, 0.3) is 0 Å². The van der Waals surface area contributed by atoms with Gasteiger partial charge in [0, 0.05) is 12.1 Å². The minimum Gasteiger partial charge on any atom is -0.481 e. The van der Waals surface area contributed by atoms with Crippen molar-refractivity contribution in [1.82, 2.24) is 10.2 Å². The van der Waals surface area contributed by atoms with Crippen molar-refractivity contribution in [3.8, 4) is 0 Å². The van der Waals surface area contributed by atoms with Crippen LogP contribution in [0.3, 0.4) is 0 Å². The number of amides is 1. The Morgan fingerprint density at radius 2 is 2.04 bits per heavy atom. The van der Waals surface area contributed by atoms with E-state index in [0.717, 1.165) is 31.2 Å². The first kappa shape index (κ1) is 17.0. The average Bonchev–Trinajstić information content (AvgIpc) is 3.12. The third-order valence-electron chi connectivity index (χ3n) is 5.44. The lowest BCUT2D eigenvalue weighted by Gasteiger charge is -2.24. The fourth-order valence-electron chi connectivity index (χ4n) is 4.32. The minimum atomic E-state index is -0.722. The van der Waals surface area contributed by atoms with Crippen LogP contribution in [-0.2, 0) is 9.59 Å². The van der Waals surface area contributed by atoms with Crippen LogP contribution in [-0.4, -0.2) is 40.5 Å². The van der Waals surface area contributed by atoms with Crippen LogP contribution in [0.15, 0.2) is 30.3 Å². The number of carbonyl (C=O) groups excluding carboxylic acids is 1. The Hall–Kier alpha value is -1.88. The van der Waals surface area contributed by atoms with E-state index in [4.69, 9.17) is 0 Å². The summed E-state index contributed by atoms with van der Waals surface area (Å²) in [5.74, 6) is -1.03. The zero-order valence-electron chi connectivity index (χ0n) is 14.1. The molecule has 4 unspecified atom stereocenters. The van der Waals surface area contributed by atoms with Crippen molar-refractivity contribution in [3.05, 3.63) is 35.9 Å². The number of rotatable bonds is 7. The predicted octanol–water partition coefficient (Wildman–Crippen LogP) is 2.58. The summed E-state index contributed by atoms with van der Waals surface area (Å²) in [6.07, 6.45) is 4.49. The molecule has 2 N–H and O–H groups in total. The number of aliphatic carboxylic acids is 1. The zero-order valence-corrected chi connectivity index (χ0v) is 14.1. The lowest BCUT2D eigenvalue weighted by atomic mass is 9.89. The van der Waals surface area contributed by atoms with Gasteiger partial charge in [-0.05, 0) is 31.2 Å². The molecule has 5 heteroatoms. The second-order valence-electron chi connectivity index (χ2n) is 6.97. The maximum Gasteiger partial charge on any atom is 0.308 e. The van der Waals surface area contributed by atoms with Crippen molar-refractivity contribution in [1.29, 1.82) is 0 Å². The number of nitrogens with zero attached hydrogens (tertiary/aromatic N) is 1. The smallest absolute Gasteiger partial charge is 0.308 e. The van der Waals surface area contributed by atoms with Crippen molar-refractivity contribution >= 4 is 11.9 Å². The highest BCUT2D eigenvalue weighted by Crippen LogP contribution is 2.41. The Bertz CT molecular complexity index is 590. The third-order valence-corrected chi connectivity index (χ3v) is 5.44. The summed E-state index contributed by atoms with van der Waals surface area (Å²) >= 11 is 0. The Balaban J connectivity index is 1.62. The summed E-state index contributed by atoms with van der Waals surface area (Å²) in [5.41, 5.74) is 1.13. The molecule has 1 amide bonds. The second kappa shape index (κ2) is 7.34. The summed E-state index contributed by atoms with van der Waals surface area (Å²) in [7, 11) is 0. The molecule has 2 aliphatic heterocycles. The van der Waals surface area contributed by atoms with Gasteiger partial charge in [-0.25, -0.2) is 0 Å². The Morgan fingerprint density at radius 3 is 2.67 bits per heavy atom. The Labute approximate surface area is 143 Å². The molecule has 2 aliphatic rings. The van der Waals surface area contributed by atoms with Crippen LogP contribution < -0.4 is 5.32 Å². The molecule has 24 heavy (non-hydrogen) atoms. The average molecular weight is 330 g/mol. The topological polar surface area (TPSA) is 69.6 Å². The van der Waals surface area contributed by atoms with Crippen molar-refractivity contribution < 1.29 is 14.7 Å². The van der Waals surface area contributed by atoms with E-state index in [1.165, 1.54) is 0 Å². The molecule has 0 aliphatic carbocycles. The van der Waals surface area contributed by atoms with E-state index in [1.807, 2.05) is 30.3 Å². The lowest BCUT2D eigenvalue weighted by molar-refractivity contribution is -0.143. The highest BCUT2D eigenvalue weighted by molar-refractivity contribution is 5.79. The SMILES string of the molecule is CCCC(NC(=O)CN1C2CCC1C(C(=O)O)C2)c1ccccc1. The van der Waals surface area contributed by atoms with Gasteiger partial charge in [0.05, 0.1) is 18.5 Å². The van der Waals surface area contributed by atoms with E-state index in [0.29, 0.717) is 13.0 Å². The zero-order chi connectivity index (χ0) is 17.1. The summed E-state index contributed by atoms with van der Waals surface area (Å²) < 4.78 is 0. The fourth-order valence-corrected chi connectivity index (χ4v) is 4.32. The molecule has 4 atom stereocenters. The maximum absolute atomic E-state index is 12.6. The van der Waals surface area contributed by atoms with Crippen LogP contribution in [0.4, 0.5) is 0 Å². The number of hydrogen-bond acceptors (Lipinski definition) is 3. The highest BCUT2D eigenvalue weighted by Gasteiger charge is 2.49. The van der Waals surface area contributed by atoms with Gasteiger partial charge in [-0.3, -0.25) is 14.5 Å². The predicted molar refractivity (Wildman–Crippen MR) is 91.5 cm³/mol. The molecule has 2 bridgehead atoms. The Kier molecular flexibility index (Phi) is 5.19. The molecule has 1 aromatic carbocycles. The standard InChI is InChI=1S/C19H26N2O3/c1-2-6-16(13-7-4-3-5-8-13)20-18(22)12-21-14-9-10-17(21)15(11-14)19(23)24/h3-5,7-8,14-17H,2,6,9-12H2,1H3,(H,20,22)(H,23,24). The van der Waals surface area contributed by atoms with Gasteiger partial charge < -0.3 is 10.4 Å². The summed E-state index contributed by atoms with van der Waals surface area (Å²) in [6, 6.07) is 10.3. The van der Waals surface area contributed by atoms with Crippen molar-refractivity contribution in [2.24, 2.45) is 5.92 Å². The van der Waals surface area contributed by atoms with Gasteiger partial charge in [0.15, 0.2) is 0 Å². The van der Waals surface area contributed by atoms with Crippen molar-refractivity contribution in [2.75, 3.05) is 6.54 Å². The fraction of sp³-hybridized carbons (Fsp3) is 0.579. The molecule has 1 aromatic rings. The number of hydrogen-bond donors (Lipinski definition) is 2. The van der Waals surface area contributed by atoms with Crippen LogP contribution in [0.2, 0.25) is 0 Å². The molecule has 0 aromatic heterocycles. The van der Waals surface area contributed by atoms with Gasteiger partial charge in [-0.1, -0.05) is 43.7 Å². The molecule has 2 heterocycles. The number of fused-ring (bicyclic) bond motifs is 2. The maximum atomic E-state index is 12.6. The van der Waals surface area contributed by atoms with E-state index in [1.54, 1.807) is 0 Å². The van der Waals surface area contributed by atoms with Gasteiger partial charge in [0.25, 0.3) is 0 Å². The molecule has 3 rings (SSSR count). The van der Waals surface area contributed by atoms with Crippen LogP contribution in [0.5, 0.6) is 0 Å². The summed E-state index contributed by atoms with van der Waals surface area (Å²) in [6.45, 7) is 2.42. The molecular formula is C19H26N2O3. The molecule has 130 valence electrons. The number of carbonyl (C=O) groups is 2. The van der Waals surface area contributed by atoms with Gasteiger partial charge in [0.1, 0.15) is 0 Å². The molecular weight excluding hydrogens is 304 g/mol. The lowest BCUT2D eigenvalue weighted by Crippen LogP contribution is -2.42. The quantitative estimate of drug-likeness (QED) is 0.806. The molecule has 5 nitrogen and oxygen atoms in total. The minimum absolute atomic E-state index is 0.000224. The molecule has 0 radical (unpaired) electrons.